The van der Waals surface area contributed by atoms with Gasteiger partial charge in [-0.25, -0.2) is 0 Å². The zero-order valence-electron chi connectivity index (χ0n) is 9.66. The molecule has 1 rings (SSSR count). The number of allylic oxidation sites excluding steroid dienone is 6. The molecule has 0 saturated carbocycles. The summed E-state index contributed by atoms with van der Waals surface area (Å²) in [6, 6.07) is 0. The van der Waals surface area contributed by atoms with Crippen molar-refractivity contribution in [1.29, 1.82) is 0 Å². The normalized spacial score (nSPS) is 11.5. The van der Waals surface area contributed by atoms with Crippen LogP contribution in [0.5, 0.6) is 0 Å². The van der Waals surface area contributed by atoms with Crippen LogP contribution in [0.15, 0.2) is 44.2 Å². The number of hydrogen-bond acceptors (Lipinski definition) is 2. The molecule has 86 valence electrons. The van der Waals surface area contributed by atoms with Gasteiger partial charge in [-0.2, -0.15) is 0 Å². The van der Waals surface area contributed by atoms with Crippen molar-refractivity contribution >= 4 is 0 Å². The van der Waals surface area contributed by atoms with E-state index >= 15 is 0 Å². The van der Waals surface area contributed by atoms with E-state index in [4.69, 9.17) is 10.2 Å². The van der Waals surface area contributed by atoms with Gasteiger partial charge in [0.15, 0.2) is 0 Å². The van der Waals surface area contributed by atoms with Gasteiger partial charge in [0.05, 0.1) is 11.5 Å². The van der Waals surface area contributed by atoms with Crippen LogP contribution in [-0.2, 0) is 0 Å². The Labute approximate surface area is 113 Å². The molecule has 0 atom stereocenters. The number of rotatable bonds is 1. The topological polar surface area (TPSA) is 40.5 Å². The third-order valence-corrected chi connectivity index (χ3v) is 3.65. The summed E-state index contributed by atoms with van der Waals surface area (Å²) in [5, 5.41) is 15.7. The number of aliphatic hydroxyl groups excluding tert-OH is 2. The fourth-order valence-electron chi connectivity index (χ4n) is 0.579. The molecule has 0 aliphatic heterocycles. The van der Waals surface area contributed by atoms with E-state index in [9.17, 15) is 0 Å². The summed E-state index contributed by atoms with van der Waals surface area (Å²) < 4.78 is 4.08. The van der Waals surface area contributed by atoms with E-state index in [1.165, 1.54) is 20.3 Å². The molecule has 0 saturated heterocycles. The van der Waals surface area contributed by atoms with Crippen molar-refractivity contribution in [3.8, 4) is 0 Å². The molecule has 0 unspecified atom stereocenters. The van der Waals surface area contributed by atoms with Crippen molar-refractivity contribution in [2.24, 2.45) is 0 Å². The Balaban J connectivity index is 0. The molecular formula is C12H20O2Sm. The molecule has 2 N–H and O–H groups in total. The van der Waals surface area contributed by atoms with E-state index in [0.29, 0.717) is 0 Å². The number of aliphatic hydroxyl groups is 2. The third kappa shape index (κ3) is 24.8. The van der Waals surface area contributed by atoms with Gasteiger partial charge in [-0.3, -0.25) is 0 Å². The predicted molar refractivity (Wildman–Crippen MR) is 62.6 cm³/mol. The molecule has 0 aromatic heterocycles. The van der Waals surface area contributed by atoms with Crippen LogP contribution in [0.2, 0.25) is 2.64 Å². The van der Waals surface area contributed by atoms with Gasteiger partial charge in [-0.05, 0) is 13.8 Å². The summed E-state index contributed by atoms with van der Waals surface area (Å²) in [6.45, 7) is 9.28. The van der Waals surface area contributed by atoms with Gasteiger partial charge in [-0.1, -0.05) is 13.2 Å². The van der Waals surface area contributed by atoms with Crippen LogP contribution in [0.4, 0.5) is 0 Å². The Kier molecular flexibility index (Phi) is 13.8. The van der Waals surface area contributed by atoms with Crippen LogP contribution in [0.25, 0.3) is 0 Å². The standard InChI is InChI=1S/C5H5.2C3H6O.CH3.Sm/c1-2-4-5-3-1;2*1-3(2)4;;/h1-3H,4H2;2*4H,1H2,2H3;1H3;. The first-order valence-electron chi connectivity index (χ1n) is 4.48. The van der Waals surface area contributed by atoms with Gasteiger partial charge in [0.2, 0.25) is 0 Å². The molecule has 3 heteroatoms. The third-order valence-electron chi connectivity index (χ3n) is 0.999. The quantitative estimate of drug-likeness (QED) is 0.701. The first kappa shape index (κ1) is 17.3. The van der Waals surface area contributed by atoms with E-state index < -0.39 is 0 Å². The SMILES string of the molecule is C=C(C)O.C=C(C)O.[CH3][Sm][C]1=CC=CC1. The second-order valence-electron chi connectivity index (χ2n) is 2.94. The average Bonchev–Trinajstić information content (AvgIpc) is 2.52. The van der Waals surface area contributed by atoms with Crippen LogP contribution in [0.1, 0.15) is 20.3 Å². The Morgan fingerprint density at radius 1 is 1.27 bits per heavy atom. The Bertz CT molecular complexity index is 232. The van der Waals surface area contributed by atoms with Crippen molar-refractivity contribution in [2.75, 3.05) is 0 Å². The second-order valence-corrected chi connectivity index (χ2v) is 5.93. The van der Waals surface area contributed by atoms with Crippen LogP contribution >= 0.6 is 0 Å². The van der Waals surface area contributed by atoms with Crippen molar-refractivity contribution < 1.29 is 46.5 Å². The molecule has 0 heterocycles. The molecule has 0 aromatic carbocycles. The minimum absolute atomic E-state index is 0.0162. The minimum atomic E-state index is -0.0162. The van der Waals surface area contributed by atoms with Crippen LogP contribution in [0.3, 0.4) is 0 Å². The first-order valence-corrected chi connectivity index (χ1v) is 8.41. The monoisotopic (exact) mass is 348 g/mol. The molecule has 0 amide bonds. The maximum absolute atomic E-state index is 7.86. The zero-order chi connectivity index (χ0) is 12.3. The van der Waals surface area contributed by atoms with Crippen molar-refractivity contribution in [2.45, 2.75) is 22.9 Å². The summed E-state index contributed by atoms with van der Waals surface area (Å²) in [6.07, 6.45) is 7.93. The van der Waals surface area contributed by atoms with E-state index in [1.807, 2.05) is 0 Å². The molecule has 0 spiro atoms. The van der Waals surface area contributed by atoms with Crippen molar-refractivity contribution in [1.82, 2.24) is 0 Å². The predicted octanol–water partition coefficient (Wildman–Crippen LogP) is 4.12. The molecule has 0 bridgehead atoms. The maximum atomic E-state index is 7.86. The number of hydrogen-bond donors (Lipinski definition) is 2. The first-order chi connectivity index (χ1) is 6.90. The molecule has 1 aliphatic carbocycles. The second kappa shape index (κ2) is 12.0. The summed E-state index contributed by atoms with van der Waals surface area (Å²) in [4.78, 5) is 0. The van der Waals surface area contributed by atoms with E-state index in [2.05, 4.69) is 34.0 Å². The van der Waals surface area contributed by atoms with Crippen molar-refractivity contribution in [3.05, 3.63) is 44.2 Å². The molecule has 15 heavy (non-hydrogen) atoms. The van der Waals surface area contributed by atoms with Gasteiger partial charge in [0, 0.05) is 0 Å². The summed E-state index contributed by atoms with van der Waals surface area (Å²) in [5.74, 6) is 0.333. The molecule has 0 aromatic rings. The summed E-state index contributed by atoms with van der Waals surface area (Å²) >= 11 is -0.0162. The van der Waals surface area contributed by atoms with Gasteiger partial charge in [0.25, 0.3) is 0 Å². The fourth-order valence-corrected chi connectivity index (χ4v) is 2.11. The molecule has 0 fully saturated rings. The van der Waals surface area contributed by atoms with Crippen LogP contribution < -0.4 is 0 Å². The molecule has 2 nitrogen and oxygen atoms in total. The van der Waals surface area contributed by atoms with Gasteiger partial charge in [-0.15, -0.1) is 0 Å². The Hall–Kier alpha value is -0.102. The Morgan fingerprint density at radius 3 is 1.80 bits per heavy atom. The van der Waals surface area contributed by atoms with Gasteiger partial charge in [0.1, 0.15) is 0 Å². The molecular weight excluding hydrogens is 326 g/mol. The van der Waals surface area contributed by atoms with E-state index in [1.54, 1.807) is 1.29 Å². The average molecular weight is 347 g/mol. The fraction of sp³-hybridized carbons (Fsp3) is 0.333. The summed E-state index contributed by atoms with van der Waals surface area (Å²) in [5.41, 5.74) is 0. The van der Waals surface area contributed by atoms with Crippen LogP contribution in [0, 0.1) is 36.3 Å². The van der Waals surface area contributed by atoms with Crippen molar-refractivity contribution in [3.63, 3.8) is 0 Å². The summed E-state index contributed by atoms with van der Waals surface area (Å²) in [7, 11) is 0. The van der Waals surface area contributed by atoms with E-state index in [0.717, 1.165) is 0 Å². The van der Waals surface area contributed by atoms with Gasteiger partial charge >= 0.3 is 64.9 Å². The van der Waals surface area contributed by atoms with E-state index in [-0.39, 0.29) is 47.8 Å². The molecule has 0 radical (unpaired) electrons. The zero-order valence-corrected chi connectivity index (χ0v) is 12.3. The molecule has 1 aliphatic rings. The van der Waals surface area contributed by atoms with Gasteiger partial charge < -0.3 is 10.2 Å². The Morgan fingerprint density at radius 2 is 1.67 bits per heavy atom. The van der Waals surface area contributed by atoms with Crippen LogP contribution in [-0.4, -0.2) is 10.2 Å².